The lowest BCUT2D eigenvalue weighted by Gasteiger charge is -2.05. The van der Waals surface area contributed by atoms with Crippen LogP contribution in [0.3, 0.4) is 0 Å². The van der Waals surface area contributed by atoms with E-state index in [1.165, 1.54) is 0 Å². The molecule has 0 bridgehead atoms. The number of aromatic amines is 1. The Bertz CT molecular complexity index is 639. The van der Waals surface area contributed by atoms with Gasteiger partial charge >= 0.3 is 0 Å². The number of hydrogen-bond donors (Lipinski definition) is 2. The summed E-state index contributed by atoms with van der Waals surface area (Å²) >= 11 is 5.25. The molecular weight excluding hydrogens is 254 g/mol. The summed E-state index contributed by atoms with van der Waals surface area (Å²) < 4.78 is 9.41. The number of H-pyrrole nitrogens is 1. The smallest absolute Gasteiger partial charge is 0.243 e. The lowest BCUT2D eigenvalue weighted by atomic mass is 10.4. The van der Waals surface area contributed by atoms with E-state index in [0.717, 1.165) is 16.9 Å². The van der Waals surface area contributed by atoms with Crippen molar-refractivity contribution in [2.45, 2.75) is 13.5 Å². The molecule has 0 fully saturated rings. The van der Waals surface area contributed by atoms with Gasteiger partial charge in [-0.2, -0.15) is 5.10 Å². The van der Waals surface area contributed by atoms with Gasteiger partial charge in [0.25, 0.3) is 0 Å². The zero-order valence-corrected chi connectivity index (χ0v) is 11.1. The number of aryl methyl sites for hydroxylation is 2. The van der Waals surface area contributed by atoms with E-state index in [1.807, 2.05) is 18.5 Å². The van der Waals surface area contributed by atoms with E-state index >= 15 is 0 Å². The normalized spacial score (nSPS) is 11.2. The van der Waals surface area contributed by atoms with E-state index in [9.17, 15) is 4.79 Å². The van der Waals surface area contributed by atoms with Crippen LogP contribution in [0.1, 0.15) is 5.69 Å². The van der Waals surface area contributed by atoms with Gasteiger partial charge in [-0.05, 0) is 19.1 Å². The zero-order valence-electron chi connectivity index (χ0n) is 10.3. The Morgan fingerprint density at radius 2 is 2.33 bits per heavy atom. The molecule has 0 aromatic carbocycles. The lowest BCUT2D eigenvalue weighted by molar-refractivity contribution is -0.122. The lowest BCUT2D eigenvalue weighted by Crippen LogP contribution is -2.20. The maximum Gasteiger partial charge on any atom is 0.243 e. The molecule has 0 aliphatic heterocycles. The SMILES string of the molecule is Cc1nn(C)c2c1[nH]c(=S)n2CCOCC(N)=O. The highest BCUT2D eigenvalue weighted by Gasteiger charge is 2.12. The minimum atomic E-state index is -0.478. The quantitative estimate of drug-likeness (QED) is 0.601. The van der Waals surface area contributed by atoms with Crippen molar-refractivity contribution in [1.29, 1.82) is 0 Å². The molecule has 2 aromatic heterocycles. The molecule has 3 N–H and O–H groups in total. The van der Waals surface area contributed by atoms with Crippen molar-refractivity contribution in [2.24, 2.45) is 12.8 Å². The van der Waals surface area contributed by atoms with Gasteiger partial charge in [-0.15, -0.1) is 0 Å². The van der Waals surface area contributed by atoms with Gasteiger partial charge in [0.05, 0.1) is 18.8 Å². The summed E-state index contributed by atoms with van der Waals surface area (Å²) in [6.45, 7) is 2.76. The summed E-state index contributed by atoms with van der Waals surface area (Å²) in [6.07, 6.45) is 0. The number of nitrogens with one attached hydrogen (secondary N) is 1. The van der Waals surface area contributed by atoms with E-state index in [4.69, 9.17) is 22.7 Å². The molecule has 0 atom stereocenters. The van der Waals surface area contributed by atoms with Crippen LogP contribution < -0.4 is 5.73 Å². The summed E-state index contributed by atoms with van der Waals surface area (Å²) in [5, 5.41) is 4.31. The predicted molar refractivity (Wildman–Crippen MR) is 68.6 cm³/mol. The van der Waals surface area contributed by atoms with Crippen molar-refractivity contribution >= 4 is 29.3 Å². The van der Waals surface area contributed by atoms with Crippen LogP contribution in [0.15, 0.2) is 0 Å². The van der Waals surface area contributed by atoms with Crippen LogP contribution in [0.5, 0.6) is 0 Å². The molecule has 0 aliphatic rings. The van der Waals surface area contributed by atoms with E-state index in [0.29, 0.717) is 17.9 Å². The van der Waals surface area contributed by atoms with E-state index in [1.54, 1.807) is 4.68 Å². The minimum Gasteiger partial charge on any atom is -0.370 e. The number of nitrogens with zero attached hydrogens (tertiary/aromatic N) is 3. The largest absolute Gasteiger partial charge is 0.370 e. The molecule has 0 aliphatic carbocycles. The molecule has 18 heavy (non-hydrogen) atoms. The van der Waals surface area contributed by atoms with Crippen molar-refractivity contribution in [3.8, 4) is 0 Å². The molecule has 8 heteroatoms. The van der Waals surface area contributed by atoms with Crippen LogP contribution in [-0.2, 0) is 23.1 Å². The third kappa shape index (κ3) is 2.29. The molecule has 98 valence electrons. The van der Waals surface area contributed by atoms with Crippen LogP contribution in [0.25, 0.3) is 11.2 Å². The molecule has 7 nitrogen and oxygen atoms in total. The highest BCUT2D eigenvalue weighted by atomic mass is 32.1. The van der Waals surface area contributed by atoms with E-state index < -0.39 is 5.91 Å². The monoisotopic (exact) mass is 269 g/mol. The first kappa shape index (κ1) is 12.8. The Labute approximate surface area is 109 Å². The fourth-order valence-electron chi connectivity index (χ4n) is 1.91. The predicted octanol–water partition coefficient (Wildman–Crippen LogP) is 0.243. The van der Waals surface area contributed by atoms with Crippen molar-refractivity contribution in [1.82, 2.24) is 19.3 Å². The van der Waals surface area contributed by atoms with E-state index in [-0.39, 0.29) is 6.61 Å². The second-order valence-corrected chi connectivity index (χ2v) is 4.40. The highest BCUT2D eigenvalue weighted by molar-refractivity contribution is 7.71. The molecule has 0 saturated heterocycles. The van der Waals surface area contributed by atoms with Gasteiger partial charge in [-0.1, -0.05) is 0 Å². The molecule has 2 rings (SSSR count). The maximum atomic E-state index is 10.5. The van der Waals surface area contributed by atoms with E-state index in [2.05, 4.69) is 10.1 Å². The molecule has 1 amide bonds. The number of rotatable bonds is 5. The van der Waals surface area contributed by atoms with Crippen LogP contribution >= 0.6 is 12.2 Å². The zero-order chi connectivity index (χ0) is 13.3. The topological polar surface area (TPSA) is 90.9 Å². The van der Waals surface area contributed by atoms with Gasteiger partial charge in [0, 0.05) is 7.05 Å². The number of imidazole rings is 1. The first-order chi connectivity index (χ1) is 8.50. The number of hydrogen-bond acceptors (Lipinski definition) is 4. The maximum absolute atomic E-state index is 10.5. The highest BCUT2D eigenvalue weighted by Crippen LogP contribution is 2.16. The van der Waals surface area contributed by atoms with Gasteiger partial charge in [-0.3, -0.25) is 14.0 Å². The van der Waals surface area contributed by atoms with Crippen LogP contribution in [0.4, 0.5) is 0 Å². The third-order valence-electron chi connectivity index (χ3n) is 2.63. The Kier molecular flexibility index (Phi) is 3.48. The minimum absolute atomic E-state index is 0.0781. The van der Waals surface area contributed by atoms with Gasteiger partial charge in [0.2, 0.25) is 5.91 Å². The second kappa shape index (κ2) is 4.91. The Morgan fingerprint density at radius 1 is 1.61 bits per heavy atom. The Morgan fingerprint density at radius 3 is 3.00 bits per heavy atom. The van der Waals surface area contributed by atoms with Gasteiger partial charge in [-0.25, -0.2) is 0 Å². The molecule has 0 spiro atoms. The number of carbonyl (C=O) groups is 1. The van der Waals surface area contributed by atoms with Crippen molar-refractivity contribution in [2.75, 3.05) is 13.2 Å². The Hall–Kier alpha value is -1.67. The fourth-order valence-corrected chi connectivity index (χ4v) is 2.19. The number of nitrogens with two attached hydrogens (primary N) is 1. The summed E-state index contributed by atoms with van der Waals surface area (Å²) in [7, 11) is 1.86. The molecule has 0 radical (unpaired) electrons. The third-order valence-corrected chi connectivity index (χ3v) is 2.95. The molecule has 2 heterocycles. The number of ether oxygens (including phenoxy) is 1. The standard InChI is InChI=1S/C10H15N5O2S/c1-6-8-9(14(2)13-6)15(10(18)12-8)3-4-17-5-7(11)16/h3-5H2,1-2H3,(H2,11,16)(H,12,18). The van der Waals surface area contributed by atoms with Gasteiger partial charge < -0.3 is 15.5 Å². The average Bonchev–Trinajstić information content (AvgIpc) is 2.74. The first-order valence-corrected chi connectivity index (χ1v) is 5.89. The van der Waals surface area contributed by atoms with Gasteiger partial charge in [0.15, 0.2) is 10.4 Å². The molecule has 2 aromatic rings. The van der Waals surface area contributed by atoms with Crippen molar-refractivity contribution in [3.63, 3.8) is 0 Å². The van der Waals surface area contributed by atoms with Crippen LogP contribution in [0.2, 0.25) is 0 Å². The molecular formula is C10H15N5O2S. The second-order valence-electron chi connectivity index (χ2n) is 4.01. The van der Waals surface area contributed by atoms with Crippen molar-refractivity contribution in [3.05, 3.63) is 10.5 Å². The number of fused-ring (bicyclic) bond motifs is 1. The number of carbonyl (C=O) groups excluding carboxylic acids is 1. The summed E-state index contributed by atoms with van der Waals surface area (Å²) in [5.41, 5.74) is 7.73. The fraction of sp³-hybridized carbons (Fsp3) is 0.500. The van der Waals surface area contributed by atoms with Crippen LogP contribution in [0, 0.1) is 11.7 Å². The number of primary amides is 1. The van der Waals surface area contributed by atoms with Crippen LogP contribution in [-0.4, -0.2) is 38.5 Å². The molecule has 0 unspecified atom stereocenters. The number of amides is 1. The first-order valence-electron chi connectivity index (χ1n) is 5.49. The Balaban J connectivity index is 2.20. The number of aromatic nitrogens is 4. The average molecular weight is 269 g/mol. The van der Waals surface area contributed by atoms with Crippen molar-refractivity contribution < 1.29 is 9.53 Å². The summed E-state index contributed by atoms with van der Waals surface area (Å²) in [5.74, 6) is -0.478. The summed E-state index contributed by atoms with van der Waals surface area (Å²) in [6, 6.07) is 0. The molecule has 0 saturated carbocycles. The summed E-state index contributed by atoms with van der Waals surface area (Å²) in [4.78, 5) is 13.7. The van der Waals surface area contributed by atoms with Gasteiger partial charge in [0.1, 0.15) is 12.1 Å².